The number of aromatic hydroxyl groups is 2. The topological polar surface area (TPSA) is 186 Å². The van der Waals surface area contributed by atoms with Crippen molar-refractivity contribution in [3.63, 3.8) is 0 Å². The fraction of sp³-hybridized carbons (Fsp3) is 0.576. The van der Waals surface area contributed by atoms with Gasteiger partial charge in [0, 0.05) is 0 Å². The quantitative estimate of drug-likeness (QED) is 0.0206. The number of hydrogen-bond acceptors (Lipinski definition) is 8. The van der Waals surface area contributed by atoms with Crippen molar-refractivity contribution < 1.29 is 56.7 Å². The normalized spacial score (nSPS) is 11.4. The number of rotatable bonds is 33. The molecule has 0 heterocycles. The summed E-state index contributed by atoms with van der Waals surface area (Å²) in [6.07, 6.45) is 31.9. The van der Waals surface area contributed by atoms with Crippen molar-refractivity contribution in [1.29, 1.82) is 0 Å². The number of aromatic carboxylic acids is 2. The number of phenols is 2. The average Bonchev–Trinajstić information content (AvgIpc) is 3.38. The second-order valence-corrected chi connectivity index (χ2v) is 20.8. The van der Waals surface area contributed by atoms with E-state index in [1.54, 1.807) is 13.8 Å². The van der Waals surface area contributed by atoms with Gasteiger partial charge in [-0.3, -0.25) is 9.98 Å². The maximum Gasteiger partial charge on any atom is 2.00 e. The number of unbranched alkanes of at least 4 members (excludes halogenated alkanes) is 12. The Morgan fingerprint density at radius 2 is 0.701 bits per heavy atom. The van der Waals surface area contributed by atoms with Gasteiger partial charge < -0.3 is 30.6 Å². The summed E-state index contributed by atoms with van der Waals surface area (Å²) in [5.74, 6) is -5.13. The Morgan fingerprint density at radius 3 is 0.987 bits per heavy atom. The maximum absolute atomic E-state index is 11.4. The molecule has 4 rings (SSSR count). The Hall–Kier alpha value is -5.15. The molecule has 0 atom stereocenters. The number of carboxylic acids is 2. The molecule has 4 N–H and O–H groups in total. The third-order valence-electron chi connectivity index (χ3n) is 13.9. The van der Waals surface area contributed by atoms with Gasteiger partial charge in [0.25, 0.3) is 0 Å². The summed E-state index contributed by atoms with van der Waals surface area (Å²) in [6.45, 7) is 21.0. The molecule has 0 saturated carbocycles. The van der Waals surface area contributed by atoms with Gasteiger partial charge in [0.05, 0.1) is 33.9 Å². The van der Waals surface area contributed by atoms with Crippen LogP contribution in [-0.2, 0) is 55.0 Å². The van der Waals surface area contributed by atoms with E-state index in [4.69, 9.17) is 20.2 Å². The number of hydrogen-bond donors (Lipinski definition) is 4. The van der Waals surface area contributed by atoms with Crippen LogP contribution in [0.2, 0.25) is 0 Å². The standard InChI is InChI=1S/C44H72N2.2C11H14O4.Ni/c1-7-13-19-24-30-44(46-42-35-39(27-22-16-10-4)32-40(36-42)28-23-17-11-5)43(29-18-12-6)45-41-33-37(25-20-14-8-2)31-38(34-41)26-21-15-9-3;2*1-3-4-7-6(2)5-8(12)10(13)9(7)11(14)15;/h31-36H,7-30H2,1-6H3;2*5,12-13H,3-4H2,1-2H3,(H,14,15);/q;;;+2/p-2. The minimum absolute atomic E-state index is 0. The smallest absolute Gasteiger partial charge is 0.869 e. The second-order valence-electron chi connectivity index (χ2n) is 20.8. The first-order valence-electron chi connectivity index (χ1n) is 29.5. The van der Waals surface area contributed by atoms with Gasteiger partial charge in [-0.25, -0.2) is 9.59 Å². The molecule has 0 aliphatic heterocycles. The van der Waals surface area contributed by atoms with E-state index in [0.717, 1.165) is 69.2 Å². The molecule has 0 amide bonds. The summed E-state index contributed by atoms with van der Waals surface area (Å²) < 4.78 is 0. The van der Waals surface area contributed by atoms with Crippen molar-refractivity contribution in [1.82, 2.24) is 0 Å². The summed E-state index contributed by atoms with van der Waals surface area (Å²) in [5, 5.41) is 59.2. The molecule has 0 aliphatic rings. The Labute approximate surface area is 475 Å². The molecule has 0 saturated heterocycles. The number of nitrogens with zero attached hydrogens (tertiary/aromatic N) is 2. The van der Waals surface area contributed by atoms with Gasteiger partial charge in [0.2, 0.25) is 0 Å². The molecule has 0 aliphatic carbocycles. The average molecular weight is 1110 g/mol. The molecule has 77 heavy (non-hydrogen) atoms. The van der Waals surface area contributed by atoms with Crippen LogP contribution >= 0.6 is 0 Å². The minimum atomic E-state index is -1.28. The molecule has 0 fully saturated rings. The molecule has 0 bridgehead atoms. The van der Waals surface area contributed by atoms with Crippen molar-refractivity contribution in [2.75, 3.05) is 0 Å². The van der Waals surface area contributed by atoms with E-state index in [0.29, 0.717) is 35.1 Å². The Morgan fingerprint density at radius 1 is 0.403 bits per heavy atom. The number of carbonyl (C=O) groups is 2. The van der Waals surface area contributed by atoms with Gasteiger partial charge in [0.15, 0.2) is 0 Å². The van der Waals surface area contributed by atoms with Crippen molar-refractivity contribution in [3.8, 4) is 23.0 Å². The molecule has 4 aromatic rings. The molecule has 4 aromatic carbocycles. The third kappa shape index (κ3) is 25.5. The van der Waals surface area contributed by atoms with E-state index >= 15 is 0 Å². The molecular weight excluding hydrogens is 1010 g/mol. The van der Waals surface area contributed by atoms with Crippen LogP contribution in [0.1, 0.15) is 262 Å². The van der Waals surface area contributed by atoms with Gasteiger partial charge in [-0.2, -0.15) is 0 Å². The first kappa shape index (κ1) is 69.9. The van der Waals surface area contributed by atoms with Crippen molar-refractivity contribution in [2.45, 2.75) is 249 Å². The van der Waals surface area contributed by atoms with Gasteiger partial charge >= 0.3 is 28.4 Å². The summed E-state index contributed by atoms with van der Waals surface area (Å²) in [4.78, 5) is 32.9. The predicted molar refractivity (Wildman–Crippen MR) is 315 cm³/mol. The molecule has 0 aromatic heterocycles. The Kier molecular flexibility index (Phi) is 36.4. The number of aliphatic imine (C=N–C) groups is 2. The zero-order chi connectivity index (χ0) is 56.4. The predicted octanol–water partition coefficient (Wildman–Crippen LogP) is 17.5. The van der Waals surface area contributed by atoms with E-state index in [1.807, 2.05) is 13.8 Å². The van der Waals surface area contributed by atoms with Crippen molar-refractivity contribution >= 4 is 34.7 Å². The molecule has 0 radical (unpaired) electrons. The van der Waals surface area contributed by atoms with Crippen LogP contribution in [0, 0.1) is 13.8 Å². The van der Waals surface area contributed by atoms with E-state index in [1.165, 1.54) is 155 Å². The SMILES string of the molecule is CCCCCCC(=Nc1cc(CCCCC)cc(CCCCC)c1)C(CCCC)=Nc1cc(CCCCC)cc(CCCCC)c1.CCCc1c(C)cc(O)c([O-])c1C(=O)O.CCCc1c(C)cc(O)c([O-])c1C(=O)O.[Ni+2]. The molecule has 0 unspecified atom stereocenters. The molecule has 0 spiro atoms. The summed E-state index contributed by atoms with van der Waals surface area (Å²) >= 11 is 0. The fourth-order valence-electron chi connectivity index (χ4n) is 9.65. The molecular formula is C66H98N2NiO8. The van der Waals surface area contributed by atoms with Gasteiger partial charge in [0.1, 0.15) is 11.5 Å². The van der Waals surface area contributed by atoms with Crippen LogP contribution in [0.25, 0.3) is 0 Å². The van der Waals surface area contributed by atoms with E-state index < -0.39 is 34.9 Å². The molecule has 10 nitrogen and oxygen atoms in total. The van der Waals surface area contributed by atoms with Crippen LogP contribution < -0.4 is 10.2 Å². The molecule has 430 valence electrons. The molecule has 11 heteroatoms. The Balaban J connectivity index is 0.000000770. The second kappa shape index (κ2) is 40.1. The van der Waals surface area contributed by atoms with Crippen molar-refractivity contribution in [2.24, 2.45) is 9.98 Å². The zero-order valence-corrected chi connectivity index (χ0v) is 50.0. The first-order valence-corrected chi connectivity index (χ1v) is 29.5. The van der Waals surface area contributed by atoms with E-state index in [-0.39, 0.29) is 27.6 Å². The van der Waals surface area contributed by atoms with Crippen LogP contribution in [0.5, 0.6) is 23.0 Å². The zero-order valence-electron chi connectivity index (χ0n) is 49.1. The number of phenolic OH excluding ortho intramolecular Hbond substituents is 2. The van der Waals surface area contributed by atoms with E-state index in [2.05, 4.69) is 77.9 Å². The number of carboxylic acid groups (broad SMARTS) is 2. The van der Waals surface area contributed by atoms with Crippen LogP contribution in [-0.4, -0.2) is 43.8 Å². The maximum atomic E-state index is 11.4. The number of aryl methyl sites for hydroxylation is 6. The Bertz CT molecular complexity index is 2290. The summed E-state index contributed by atoms with van der Waals surface area (Å²) in [7, 11) is 0. The van der Waals surface area contributed by atoms with E-state index in [9.17, 15) is 30.0 Å². The van der Waals surface area contributed by atoms with Gasteiger partial charge in [-0.15, -0.1) is 0 Å². The fourth-order valence-corrected chi connectivity index (χ4v) is 9.65. The summed E-state index contributed by atoms with van der Waals surface area (Å²) in [6, 6.07) is 17.1. The van der Waals surface area contributed by atoms with Crippen LogP contribution in [0.3, 0.4) is 0 Å². The monoisotopic (exact) mass is 1100 g/mol. The van der Waals surface area contributed by atoms with Crippen molar-refractivity contribution in [3.05, 3.63) is 104 Å². The summed E-state index contributed by atoms with van der Waals surface area (Å²) in [5.41, 5.74) is 12.4. The largest absolute Gasteiger partial charge is 2.00 e. The minimum Gasteiger partial charge on any atom is -0.869 e. The third-order valence-corrected chi connectivity index (χ3v) is 13.9. The number of benzene rings is 4. The van der Waals surface area contributed by atoms with Gasteiger partial charge in [-0.1, -0.05) is 169 Å². The first-order chi connectivity index (χ1) is 36.5. The van der Waals surface area contributed by atoms with Crippen LogP contribution in [0.4, 0.5) is 11.4 Å². The van der Waals surface area contributed by atoms with Crippen LogP contribution in [0.15, 0.2) is 58.5 Å². The van der Waals surface area contributed by atoms with Gasteiger partial charge in [-0.05, 0) is 185 Å².